The van der Waals surface area contributed by atoms with Crippen LogP contribution in [0.5, 0.6) is 17.2 Å². The summed E-state index contributed by atoms with van der Waals surface area (Å²) in [5, 5.41) is 0.713. The van der Waals surface area contributed by atoms with Crippen LogP contribution in [0, 0.1) is 0 Å². The molecule has 0 fully saturated rings. The minimum atomic E-state index is 0.440. The van der Waals surface area contributed by atoms with Gasteiger partial charge in [0, 0.05) is 18.1 Å². The molecule has 4 nitrogen and oxygen atoms in total. The van der Waals surface area contributed by atoms with Crippen molar-refractivity contribution >= 4 is 17.4 Å². The van der Waals surface area contributed by atoms with E-state index in [1.54, 1.807) is 0 Å². The molecule has 0 bridgehead atoms. The highest BCUT2D eigenvalue weighted by atomic mass is 35.5. The van der Waals surface area contributed by atoms with Crippen molar-refractivity contribution in [2.24, 2.45) is 4.99 Å². The summed E-state index contributed by atoms with van der Waals surface area (Å²) in [7, 11) is 0. The molecular weight excluding hydrogens is 384 g/mol. The molecule has 0 aromatic heterocycles. The fourth-order valence-electron chi connectivity index (χ4n) is 3.30. The lowest BCUT2D eigenvalue weighted by atomic mass is 10.1. The minimum absolute atomic E-state index is 0.440. The molecule has 0 aliphatic carbocycles. The quantitative estimate of drug-likeness (QED) is 0.497. The number of rotatable bonds is 7. The van der Waals surface area contributed by atoms with Crippen LogP contribution in [0.4, 0.5) is 0 Å². The van der Waals surface area contributed by atoms with Gasteiger partial charge in [-0.05, 0) is 48.9 Å². The van der Waals surface area contributed by atoms with Gasteiger partial charge in [-0.3, -0.25) is 4.99 Å². The third kappa shape index (κ3) is 4.54. The number of likely N-dealkylation sites (N-methyl/N-ethyl adjacent to an activating group) is 1. The molecular formula is C24H23ClN2O2. The number of nitrogens with zero attached hydrogens (tertiary/aromatic N) is 2. The molecule has 0 amide bonds. The van der Waals surface area contributed by atoms with Gasteiger partial charge in [-0.15, -0.1) is 0 Å². The van der Waals surface area contributed by atoms with Gasteiger partial charge < -0.3 is 14.4 Å². The summed E-state index contributed by atoms with van der Waals surface area (Å²) in [5.41, 5.74) is 2.04. The molecule has 0 N–H and O–H groups in total. The number of aliphatic imine (C=N–C) groups is 1. The fraction of sp³-hybridized carbons (Fsp3) is 0.208. The summed E-state index contributed by atoms with van der Waals surface area (Å²) in [6, 6.07) is 23.4. The van der Waals surface area contributed by atoms with E-state index in [2.05, 4.69) is 22.9 Å². The highest BCUT2D eigenvalue weighted by Crippen LogP contribution is 2.34. The van der Waals surface area contributed by atoms with E-state index in [0.717, 1.165) is 42.3 Å². The monoisotopic (exact) mass is 406 g/mol. The zero-order valence-corrected chi connectivity index (χ0v) is 17.1. The van der Waals surface area contributed by atoms with Crippen LogP contribution in [0.1, 0.15) is 18.1 Å². The van der Waals surface area contributed by atoms with E-state index in [-0.39, 0.29) is 0 Å². The molecule has 0 saturated carbocycles. The number of halogens is 1. The average Bonchev–Trinajstić information content (AvgIpc) is 3.23. The third-order valence-electron chi connectivity index (χ3n) is 4.82. The van der Waals surface area contributed by atoms with Crippen molar-refractivity contribution in [3.8, 4) is 17.2 Å². The summed E-state index contributed by atoms with van der Waals surface area (Å²) >= 11 is 5.96. The number of hydrogen-bond donors (Lipinski definition) is 0. The summed E-state index contributed by atoms with van der Waals surface area (Å²) in [5.74, 6) is 3.13. The molecule has 0 unspecified atom stereocenters. The molecule has 1 aliphatic rings. The molecule has 4 rings (SSSR count). The SMILES string of the molecule is CCN1CCN=C1c1ccccc1Oc1ccccc1OCc1ccc(Cl)cc1. The molecule has 0 spiro atoms. The predicted molar refractivity (Wildman–Crippen MR) is 117 cm³/mol. The Bertz CT molecular complexity index is 1000. The van der Waals surface area contributed by atoms with Crippen LogP contribution >= 0.6 is 11.6 Å². The van der Waals surface area contributed by atoms with E-state index >= 15 is 0 Å². The first-order chi connectivity index (χ1) is 14.2. The minimum Gasteiger partial charge on any atom is -0.485 e. The van der Waals surface area contributed by atoms with E-state index in [0.29, 0.717) is 23.1 Å². The van der Waals surface area contributed by atoms with E-state index < -0.39 is 0 Å². The molecule has 5 heteroatoms. The van der Waals surface area contributed by atoms with Gasteiger partial charge in [0.15, 0.2) is 11.5 Å². The van der Waals surface area contributed by atoms with Crippen molar-refractivity contribution in [2.75, 3.05) is 19.6 Å². The van der Waals surface area contributed by atoms with Crippen molar-refractivity contribution < 1.29 is 9.47 Å². The zero-order valence-electron chi connectivity index (χ0n) is 16.3. The smallest absolute Gasteiger partial charge is 0.169 e. The first-order valence-corrected chi connectivity index (χ1v) is 10.2. The predicted octanol–water partition coefficient (Wildman–Crippen LogP) is 5.79. The first-order valence-electron chi connectivity index (χ1n) is 9.77. The average molecular weight is 407 g/mol. The van der Waals surface area contributed by atoms with E-state index in [1.165, 1.54) is 0 Å². The van der Waals surface area contributed by atoms with Gasteiger partial charge >= 0.3 is 0 Å². The Balaban J connectivity index is 1.56. The van der Waals surface area contributed by atoms with Gasteiger partial charge in [0.25, 0.3) is 0 Å². The highest BCUT2D eigenvalue weighted by Gasteiger charge is 2.21. The Labute approximate surface area is 176 Å². The maximum Gasteiger partial charge on any atom is 0.169 e. The van der Waals surface area contributed by atoms with Crippen molar-refractivity contribution in [3.05, 3.63) is 88.9 Å². The Morgan fingerprint density at radius 3 is 2.34 bits per heavy atom. The van der Waals surface area contributed by atoms with Gasteiger partial charge in [-0.25, -0.2) is 0 Å². The van der Waals surface area contributed by atoms with E-state index in [4.69, 9.17) is 21.1 Å². The van der Waals surface area contributed by atoms with Crippen molar-refractivity contribution in [2.45, 2.75) is 13.5 Å². The summed E-state index contributed by atoms with van der Waals surface area (Å²) in [6.07, 6.45) is 0. The molecule has 29 heavy (non-hydrogen) atoms. The largest absolute Gasteiger partial charge is 0.485 e. The molecule has 1 heterocycles. The van der Waals surface area contributed by atoms with Crippen LogP contribution in [-0.2, 0) is 6.61 Å². The molecule has 0 saturated heterocycles. The second kappa shape index (κ2) is 9.01. The first kappa shape index (κ1) is 19.3. The van der Waals surface area contributed by atoms with Crippen molar-refractivity contribution in [1.29, 1.82) is 0 Å². The molecule has 148 valence electrons. The molecule has 1 aliphatic heterocycles. The van der Waals surface area contributed by atoms with Crippen LogP contribution in [-0.4, -0.2) is 30.4 Å². The van der Waals surface area contributed by atoms with Gasteiger partial charge in [-0.1, -0.05) is 48.0 Å². The standard InChI is InChI=1S/C24H23ClN2O2/c1-2-27-16-15-26-24(27)20-7-3-4-8-21(20)29-23-10-6-5-9-22(23)28-17-18-11-13-19(25)14-12-18/h3-14H,2,15-17H2,1H3. The summed E-state index contributed by atoms with van der Waals surface area (Å²) in [4.78, 5) is 6.96. The maximum absolute atomic E-state index is 6.30. The molecule has 3 aromatic rings. The van der Waals surface area contributed by atoms with Crippen LogP contribution in [0.2, 0.25) is 5.02 Å². The number of amidine groups is 1. The second-order valence-electron chi connectivity index (χ2n) is 6.75. The van der Waals surface area contributed by atoms with E-state index in [1.807, 2.05) is 66.7 Å². The second-order valence-corrected chi connectivity index (χ2v) is 7.18. The van der Waals surface area contributed by atoms with Crippen LogP contribution in [0.25, 0.3) is 0 Å². The Hall–Kier alpha value is -2.98. The van der Waals surface area contributed by atoms with Crippen LogP contribution in [0.3, 0.4) is 0 Å². The normalized spacial score (nSPS) is 13.3. The topological polar surface area (TPSA) is 34.1 Å². The van der Waals surface area contributed by atoms with Crippen LogP contribution < -0.4 is 9.47 Å². The van der Waals surface area contributed by atoms with Crippen molar-refractivity contribution in [1.82, 2.24) is 4.90 Å². The van der Waals surface area contributed by atoms with Gasteiger partial charge in [0.05, 0.1) is 12.1 Å². The van der Waals surface area contributed by atoms with Crippen LogP contribution in [0.15, 0.2) is 77.8 Å². The van der Waals surface area contributed by atoms with Gasteiger partial charge in [0.1, 0.15) is 18.2 Å². The summed E-state index contributed by atoms with van der Waals surface area (Å²) < 4.78 is 12.3. The van der Waals surface area contributed by atoms with Gasteiger partial charge in [0.2, 0.25) is 0 Å². The lowest BCUT2D eigenvalue weighted by Gasteiger charge is -2.20. The maximum atomic E-state index is 6.30. The van der Waals surface area contributed by atoms with Gasteiger partial charge in [-0.2, -0.15) is 0 Å². The summed E-state index contributed by atoms with van der Waals surface area (Å²) in [6.45, 7) is 5.27. The molecule has 3 aromatic carbocycles. The third-order valence-corrected chi connectivity index (χ3v) is 5.07. The zero-order chi connectivity index (χ0) is 20.1. The Kier molecular flexibility index (Phi) is 6.01. The lowest BCUT2D eigenvalue weighted by molar-refractivity contribution is 0.291. The number of ether oxygens (including phenoxy) is 2. The highest BCUT2D eigenvalue weighted by molar-refractivity contribution is 6.30. The number of hydrogen-bond acceptors (Lipinski definition) is 4. The lowest BCUT2D eigenvalue weighted by Crippen LogP contribution is -2.28. The van der Waals surface area contributed by atoms with E-state index in [9.17, 15) is 0 Å². The molecule has 0 radical (unpaired) electrons. The number of benzene rings is 3. The molecule has 0 atom stereocenters. The Morgan fingerprint density at radius 1 is 0.897 bits per heavy atom. The fourth-order valence-corrected chi connectivity index (χ4v) is 3.43. The Morgan fingerprint density at radius 2 is 1.59 bits per heavy atom. The number of para-hydroxylation sites is 3. The van der Waals surface area contributed by atoms with Crippen molar-refractivity contribution in [3.63, 3.8) is 0 Å².